The van der Waals surface area contributed by atoms with Crippen molar-refractivity contribution >= 4 is 11.8 Å². The van der Waals surface area contributed by atoms with Crippen molar-refractivity contribution in [2.24, 2.45) is 23.7 Å². The van der Waals surface area contributed by atoms with Crippen LogP contribution in [-0.2, 0) is 9.59 Å². The predicted molar refractivity (Wildman–Crippen MR) is 84.1 cm³/mol. The highest BCUT2D eigenvalue weighted by molar-refractivity contribution is 5.83. The molecule has 0 aromatic carbocycles. The fourth-order valence-corrected chi connectivity index (χ4v) is 4.81. The first kappa shape index (κ1) is 14.5. The second-order valence-corrected chi connectivity index (χ2v) is 7.95. The summed E-state index contributed by atoms with van der Waals surface area (Å²) in [5.41, 5.74) is 0. The molecule has 2 aliphatic heterocycles. The van der Waals surface area contributed by atoms with Crippen molar-refractivity contribution in [2.75, 3.05) is 26.2 Å². The number of hydrogen-bond donors (Lipinski definition) is 0. The molecular weight excluding hydrogens is 276 g/mol. The van der Waals surface area contributed by atoms with Gasteiger partial charge in [-0.1, -0.05) is 12.8 Å². The molecule has 122 valence electrons. The molecule has 2 saturated heterocycles. The predicted octanol–water partition coefficient (Wildman–Crippen LogP) is 2.28. The van der Waals surface area contributed by atoms with E-state index in [4.69, 9.17) is 0 Å². The van der Waals surface area contributed by atoms with Gasteiger partial charge in [-0.3, -0.25) is 9.59 Å². The SMILES string of the molecule is O=C(C1CC1)N1CCC[C@@H](C(=O)N2C[C@H]3CCCC[C@H]3C2)C1. The molecule has 22 heavy (non-hydrogen) atoms. The van der Waals surface area contributed by atoms with E-state index in [-0.39, 0.29) is 11.8 Å². The van der Waals surface area contributed by atoms with Crippen molar-refractivity contribution < 1.29 is 9.59 Å². The lowest BCUT2D eigenvalue weighted by molar-refractivity contribution is -0.141. The number of nitrogens with zero attached hydrogens (tertiary/aromatic N) is 2. The number of fused-ring (bicyclic) bond motifs is 1. The molecule has 0 aromatic heterocycles. The summed E-state index contributed by atoms with van der Waals surface area (Å²) in [7, 11) is 0. The third-order valence-electron chi connectivity index (χ3n) is 6.30. The van der Waals surface area contributed by atoms with E-state index in [2.05, 4.69) is 4.90 Å². The van der Waals surface area contributed by atoms with Crippen LogP contribution in [0.4, 0.5) is 0 Å². The van der Waals surface area contributed by atoms with Crippen LogP contribution in [-0.4, -0.2) is 47.8 Å². The van der Waals surface area contributed by atoms with E-state index in [1.807, 2.05) is 4.90 Å². The van der Waals surface area contributed by atoms with E-state index in [1.165, 1.54) is 25.7 Å². The highest BCUT2D eigenvalue weighted by Crippen LogP contribution is 2.37. The van der Waals surface area contributed by atoms with Gasteiger partial charge in [-0.15, -0.1) is 0 Å². The molecule has 4 nitrogen and oxygen atoms in total. The van der Waals surface area contributed by atoms with E-state index in [9.17, 15) is 9.59 Å². The summed E-state index contributed by atoms with van der Waals surface area (Å²) in [5.74, 6) is 2.51. The molecule has 0 spiro atoms. The average Bonchev–Trinajstić information content (AvgIpc) is 3.32. The second-order valence-electron chi connectivity index (χ2n) is 7.95. The summed E-state index contributed by atoms with van der Waals surface area (Å²) < 4.78 is 0. The largest absolute Gasteiger partial charge is 0.342 e. The van der Waals surface area contributed by atoms with Gasteiger partial charge in [0.15, 0.2) is 0 Å². The Hall–Kier alpha value is -1.06. The molecule has 0 N–H and O–H groups in total. The minimum Gasteiger partial charge on any atom is -0.342 e. The summed E-state index contributed by atoms with van der Waals surface area (Å²) in [6.45, 7) is 3.51. The number of likely N-dealkylation sites (tertiary alicyclic amines) is 2. The Morgan fingerprint density at radius 2 is 1.27 bits per heavy atom. The van der Waals surface area contributed by atoms with Gasteiger partial charge < -0.3 is 9.80 Å². The van der Waals surface area contributed by atoms with Gasteiger partial charge in [0.2, 0.25) is 11.8 Å². The standard InChI is InChI=1S/C18H28N2O2/c21-17(13-7-8-13)19-9-3-6-16(12-19)18(22)20-10-14-4-1-2-5-15(14)11-20/h13-16H,1-12H2/t14-,15+,16-/m1/s1. The molecule has 3 atom stereocenters. The average molecular weight is 304 g/mol. The van der Waals surface area contributed by atoms with Gasteiger partial charge in [-0.25, -0.2) is 0 Å². The lowest BCUT2D eigenvalue weighted by Gasteiger charge is -2.34. The van der Waals surface area contributed by atoms with E-state index < -0.39 is 0 Å². The van der Waals surface area contributed by atoms with E-state index in [1.54, 1.807) is 0 Å². The number of amides is 2. The van der Waals surface area contributed by atoms with E-state index in [0.29, 0.717) is 18.4 Å². The molecule has 4 rings (SSSR count). The highest BCUT2D eigenvalue weighted by Gasteiger charge is 2.41. The van der Waals surface area contributed by atoms with Crippen molar-refractivity contribution in [3.8, 4) is 0 Å². The maximum Gasteiger partial charge on any atom is 0.227 e. The Morgan fingerprint density at radius 1 is 0.636 bits per heavy atom. The van der Waals surface area contributed by atoms with Crippen LogP contribution < -0.4 is 0 Å². The zero-order valence-corrected chi connectivity index (χ0v) is 13.5. The van der Waals surface area contributed by atoms with Crippen LogP contribution in [0.3, 0.4) is 0 Å². The quantitative estimate of drug-likeness (QED) is 0.785. The molecular formula is C18H28N2O2. The zero-order valence-electron chi connectivity index (χ0n) is 13.5. The first-order chi connectivity index (χ1) is 10.7. The number of hydrogen-bond acceptors (Lipinski definition) is 2. The third-order valence-corrected chi connectivity index (χ3v) is 6.30. The van der Waals surface area contributed by atoms with Crippen LogP contribution in [0.25, 0.3) is 0 Å². The van der Waals surface area contributed by atoms with Gasteiger partial charge in [-0.05, 0) is 50.4 Å². The van der Waals surface area contributed by atoms with E-state index in [0.717, 1.165) is 57.2 Å². The minimum atomic E-state index is 0.0663. The van der Waals surface area contributed by atoms with Crippen molar-refractivity contribution in [2.45, 2.75) is 51.4 Å². The van der Waals surface area contributed by atoms with Crippen LogP contribution in [0.5, 0.6) is 0 Å². The monoisotopic (exact) mass is 304 g/mol. The third kappa shape index (κ3) is 2.77. The summed E-state index contributed by atoms with van der Waals surface area (Å²) >= 11 is 0. The van der Waals surface area contributed by atoms with Crippen molar-refractivity contribution in [3.05, 3.63) is 0 Å². The van der Waals surface area contributed by atoms with Gasteiger partial charge in [0.05, 0.1) is 5.92 Å². The van der Waals surface area contributed by atoms with Crippen LogP contribution in [0.2, 0.25) is 0 Å². The first-order valence-electron chi connectivity index (χ1n) is 9.30. The van der Waals surface area contributed by atoms with Crippen molar-refractivity contribution in [1.29, 1.82) is 0 Å². The lowest BCUT2D eigenvalue weighted by Crippen LogP contribution is -2.46. The van der Waals surface area contributed by atoms with Crippen molar-refractivity contribution in [1.82, 2.24) is 9.80 Å². The van der Waals surface area contributed by atoms with Gasteiger partial charge in [0.25, 0.3) is 0 Å². The van der Waals surface area contributed by atoms with Gasteiger partial charge in [0.1, 0.15) is 0 Å². The topological polar surface area (TPSA) is 40.6 Å². The summed E-state index contributed by atoms with van der Waals surface area (Å²) in [6, 6.07) is 0. The van der Waals surface area contributed by atoms with E-state index >= 15 is 0 Å². The number of rotatable bonds is 2. The summed E-state index contributed by atoms with van der Waals surface area (Å²) in [5, 5.41) is 0. The summed E-state index contributed by atoms with van der Waals surface area (Å²) in [4.78, 5) is 29.3. The molecule has 0 bridgehead atoms. The minimum absolute atomic E-state index is 0.0663. The molecule has 2 amide bonds. The van der Waals surface area contributed by atoms with Gasteiger partial charge in [0, 0.05) is 32.1 Å². The highest BCUT2D eigenvalue weighted by atomic mass is 16.2. The van der Waals surface area contributed by atoms with Crippen LogP contribution in [0.1, 0.15) is 51.4 Å². The Balaban J connectivity index is 1.36. The Labute approximate surface area is 133 Å². The number of piperidine rings is 1. The Morgan fingerprint density at radius 3 is 1.91 bits per heavy atom. The van der Waals surface area contributed by atoms with Crippen molar-refractivity contribution in [3.63, 3.8) is 0 Å². The number of carbonyl (C=O) groups is 2. The Bertz CT molecular complexity index is 446. The van der Waals surface area contributed by atoms with Crippen LogP contribution in [0.15, 0.2) is 0 Å². The molecule has 0 radical (unpaired) electrons. The first-order valence-corrected chi connectivity index (χ1v) is 9.30. The molecule has 4 fully saturated rings. The molecule has 2 heterocycles. The Kier molecular flexibility index (Phi) is 3.87. The maximum absolute atomic E-state index is 12.9. The fraction of sp³-hybridized carbons (Fsp3) is 0.889. The molecule has 4 heteroatoms. The molecule has 2 aliphatic carbocycles. The van der Waals surface area contributed by atoms with Gasteiger partial charge in [-0.2, -0.15) is 0 Å². The molecule has 0 unspecified atom stereocenters. The van der Waals surface area contributed by atoms with Crippen LogP contribution in [0, 0.1) is 23.7 Å². The normalized spacial score (nSPS) is 35.4. The van der Waals surface area contributed by atoms with Crippen LogP contribution >= 0.6 is 0 Å². The smallest absolute Gasteiger partial charge is 0.227 e. The lowest BCUT2D eigenvalue weighted by atomic mass is 9.82. The molecule has 0 aromatic rings. The zero-order chi connectivity index (χ0) is 15.1. The fourth-order valence-electron chi connectivity index (χ4n) is 4.81. The second kappa shape index (κ2) is 5.86. The van der Waals surface area contributed by atoms with Gasteiger partial charge >= 0.3 is 0 Å². The maximum atomic E-state index is 12.9. The summed E-state index contributed by atoms with van der Waals surface area (Å²) in [6.07, 6.45) is 9.39. The molecule has 4 aliphatic rings. The number of carbonyl (C=O) groups excluding carboxylic acids is 2. The molecule has 2 saturated carbocycles.